The van der Waals surface area contributed by atoms with Crippen molar-refractivity contribution in [1.82, 2.24) is 0 Å². The van der Waals surface area contributed by atoms with Crippen LogP contribution >= 0.6 is 0 Å². The maximum absolute atomic E-state index is 11.9. The lowest BCUT2D eigenvalue weighted by atomic mass is 10.0. The zero-order valence-corrected chi connectivity index (χ0v) is 12.6. The van der Waals surface area contributed by atoms with Gasteiger partial charge in [-0.15, -0.1) is 0 Å². The standard InChI is InChI=1S/C18H13NO5/c19-10-14-5-1-2-7-17(14)24-11-12-4-3-6-13(8-12)15(20)9-16(21)18(22)23/h1-8H,9,11H2,(H,22,23). The van der Waals surface area contributed by atoms with Gasteiger partial charge in [-0.25, -0.2) is 4.79 Å². The minimum Gasteiger partial charge on any atom is -0.488 e. The van der Waals surface area contributed by atoms with Crippen molar-refractivity contribution in [2.75, 3.05) is 0 Å². The lowest BCUT2D eigenvalue weighted by Crippen LogP contribution is -2.17. The highest BCUT2D eigenvalue weighted by atomic mass is 16.5. The summed E-state index contributed by atoms with van der Waals surface area (Å²) in [5.41, 5.74) is 1.30. The summed E-state index contributed by atoms with van der Waals surface area (Å²) in [5.74, 6) is -2.92. The van der Waals surface area contributed by atoms with E-state index < -0.39 is 24.0 Å². The Bertz CT molecular complexity index is 835. The number of aliphatic carboxylic acids is 1. The molecule has 24 heavy (non-hydrogen) atoms. The van der Waals surface area contributed by atoms with Crippen molar-refractivity contribution < 1.29 is 24.2 Å². The van der Waals surface area contributed by atoms with Gasteiger partial charge < -0.3 is 9.84 Å². The highest BCUT2D eigenvalue weighted by Crippen LogP contribution is 2.18. The molecule has 0 aliphatic rings. The van der Waals surface area contributed by atoms with E-state index in [-0.39, 0.29) is 12.2 Å². The zero-order valence-electron chi connectivity index (χ0n) is 12.6. The Balaban J connectivity index is 2.08. The summed E-state index contributed by atoms with van der Waals surface area (Å²) in [6, 6.07) is 15.2. The third-order valence-corrected chi connectivity index (χ3v) is 3.21. The Labute approximate surface area is 137 Å². The van der Waals surface area contributed by atoms with Gasteiger partial charge in [-0.05, 0) is 23.8 Å². The van der Waals surface area contributed by atoms with Crippen LogP contribution in [0.4, 0.5) is 0 Å². The van der Waals surface area contributed by atoms with Gasteiger partial charge in [0.2, 0.25) is 5.78 Å². The molecule has 0 atom stereocenters. The summed E-state index contributed by atoms with van der Waals surface area (Å²) in [7, 11) is 0. The highest BCUT2D eigenvalue weighted by Gasteiger charge is 2.18. The average molecular weight is 323 g/mol. The third kappa shape index (κ3) is 4.27. The van der Waals surface area contributed by atoms with Crippen molar-refractivity contribution in [2.45, 2.75) is 13.0 Å². The molecule has 120 valence electrons. The Morgan fingerprint density at radius 2 is 1.83 bits per heavy atom. The van der Waals surface area contributed by atoms with Crippen molar-refractivity contribution in [3.8, 4) is 11.8 Å². The van der Waals surface area contributed by atoms with Gasteiger partial charge in [0.25, 0.3) is 0 Å². The first-order chi connectivity index (χ1) is 11.5. The van der Waals surface area contributed by atoms with Crippen LogP contribution in [-0.2, 0) is 16.2 Å². The molecule has 0 radical (unpaired) electrons. The molecule has 2 rings (SSSR count). The fourth-order valence-electron chi connectivity index (χ4n) is 2.00. The number of ketones is 2. The number of benzene rings is 2. The van der Waals surface area contributed by atoms with Crippen LogP contribution in [0.15, 0.2) is 48.5 Å². The van der Waals surface area contributed by atoms with E-state index in [4.69, 9.17) is 15.1 Å². The number of ether oxygens (including phenoxy) is 1. The van der Waals surface area contributed by atoms with E-state index >= 15 is 0 Å². The quantitative estimate of drug-likeness (QED) is 0.476. The zero-order chi connectivity index (χ0) is 17.5. The van der Waals surface area contributed by atoms with Gasteiger partial charge >= 0.3 is 5.97 Å². The summed E-state index contributed by atoms with van der Waals surface area (Å²) >= 11 is 0. The van der Waals surface area contributed by atoms with Crippen LogP contribution < -0.4 is 4.74 Å². The van der Waals surface area contributed by atoms with Crippen molar-refractivity contribution >= 4 is 17.5 Å². The molecule has 0 spiro atoms. The number of nitrogens with zero attached hydrogens (tertiary/aromatic N) is 1. The van der Waals surface area contributed by atoms with Crippen molar-refractivity contribution in [1.29, 1.82) is 5.26 Å². The minimum atomic E-state index is -1.63. The number of Topliss-reactive ketones (excluding diaryl/α,β-unsaturated/α-hetero) is 2. The summed E-state index contributed by atoms with van der Waals surface area (Å²) in [5, 5.41) is 17.6. The molecule has 6 heteroatoms. The van der Waals surface area contributed by atoms with Gasteiger partial charge in [0.15, 0.2) is 5.78 Å². The van der Waals surface area contributed by atoms with Crippen LogP contribution in [0.3, 0.4) is 0 Å². The number of nitriles is 1. The molecular formula is C18H13NO5. The first kappa shape index (κ1) is 16.9. The lowest BCUT2D eigenvalue weighted by Gasteiger charge is -2.08. The number of carbonyl (C=O) groups excluding carboxylic acids is 2. The van der Waals surface area contributed by atoms with E-state index in [1.165, 1.54) is 12.1 Å². The van der Waals surface area contributed by atoms with Gasteiger partial charge in [-0.2, -0.15) is 5.26 Å². The molecule has 0 aliphatic carbocycles. The number of carbonyl (C=O) groups is 3. The number of para-hydroxylation sites is 1. The van der Waals surface area contributed by atoms with Crippen LogP contribution in [0.1, 0.15) is 27.9 Å². The van der Waals surface area contributed by atoms with E-state index in [1.54, 1.807) is 36.4 Å². The molecule has 0 heterocycles. The van der Waals surface area contributed by atoms with E-state index in [0.29, 0.717) is 16.9 Å². The normalized spacial score (nSPS) is 9.79. The summed E-state index contributed by atoms with van der Waals surface area (Å²) in [6.45, 7) is 0.132. The Morgan fingerprint density at radius 3 is 2.54 bits per heavy atom. The number of carboxylic acids is 1. The monoisotopic (exact) mass is 323 g/mol. The fraction of sp³-hybridized carbons (Fsp3) is 0.111. The van der Waals surface area contributed by atoms with E-state index in [9.17, 15) is 14.4 Å². The highest BCUT2D eigenvalue weighted by molar-refractivity contribution is 6.37. The molecule has 2 aromatic carbocycles. The molecule has 0 bridgehead atoms. The van der Waals surface area contributed by atoms with Crippen LogP contribution in [0.2, 0.25) is 0 Å². The van der Waals surface area contributed by atoms with Crippen LogP contribution in [0.5, 0.6) is 5.75 Å². The minimum absolute atomic E-state index is 0.132. The smallest absolute Gasteiger partial charge is 0.372 e. The van der Waals surface area contributed by atoms with Gasteiger partial charge in [0.1, 0.15) is 18.4 Å². The fourth-order valence-corrected chi connectivity index (χ4v) is 2.00. The van der Waals surface area contributed by atoms with E-state index in [1.807, 2.05) is 6.07 Å². The number of hydrogen-bond donors (Lipinski definition) is 1. The van der Waals surface area contributed by atoms with Gasteiger partial charge in [-0.3, -0.25) is 9.59 Å². The number of rotatable bonds is 7. The molecule has 0 unspecified atom stereocenters. The number of hydrogen-bond acceptors (Lipinski definition) is 5. The Morgan fingerprint density at radius 1 is 1.08 bits per heavy atom. The van der Waals surface area contributed by atoms with Crippen LogP contribution in [-0.4, -0.2) is 22.6 Å². The maximum atomic E-state index is 11.9. The summed E-state index contributed by atoms with van der Waals surface area (Å²) in [6.07, 6.45) is -0.684. The first-order valence-electron chi connectivity index (χ1n) is 7.01. The van der Waals surface area contributed by atoms with E-state index in [0.717, 1.165) is 0 Å². The molecule has 0 aliphatic heterocycles. The van der Waals surface area contributed by atoms with Crippen molar-refractivity contribution in [3.05, 3.63) is 65.2 Å². The predicted octanol–water partition coefficient (Wildman–Crippen LogP) is 2.36. The molecule has 0 fully saturated rings. The van der Waals surface area contributed by atoms with Gasteiger partial charge in [0.05, 0.1) is 12.0 Å². The summed E-state index contributed by atoms with van der Waals surface area (Å²) < 4.78 is 5.57. The lowest BCUT2D eigenvalue weighted by molar-refractivity contribution is -0.148. The SMILES string of the molecule is N#Cc1ccccc1OCc1cccc(C(=O)CC(=O)C(=O)O)c1. The molecule has 0 saturated heterocycles. The Hall–Kier alpha value is -3.46. The molecule has 0 aromatic heterocycles. The first-order valence-corrected chi connectivity index (χ1v) is 7.01. The largest absolute Gasteiger partial charge is 0.488 e. The van der Waals surface area contributed by atoms with E-state index in [2.05, 4.69) is 0 Å². The molecule has 1 N–H and O–H groups in total. The average Bonchev–Trinajstić information content (AvgIpc) is 2.60. The number of carboxylic acid groups (broad SMARTS) is 1. The van der Waals surface area contributed by atoms with Gasteiger partial charge in [-0.1, -0.05) is 30.3 Å². The topological polar surface area (TPSA) is 104 Å². The Kier molecular flexibility index (Phi) is 5.42. The second-order valence-corrected chi connectivity index (χ2v) is 4.93. The predicted molar refractivity (Wildman–Crippen MR) is 83.5 cm³/mol. The maximum Gasteiger partial charge on any atom is 0.372 e. The van der Waals surface area contributed by atoms with Gasteiger partial charge in [0, 0.05) is 5.56 Å². The third-order valence-electron chi connectivity index (χ3n) is 3.21. The summed E-state index contributed by atoms with van der Waals surface area (Å²) in [4.78, 5) is 33.5. The molecule has 0 amide bonds. The van der Waals surface area contributed by atoms with Crippen LogP contribution in [0, 0.1) is 11.3 Å². The van der Waals surface area contributed by atoms with Crippen LogP contribution in [0.25, 0.3) is 0 Å². The second kappa shape index (κ2) is 7.70. The molecular weight excluding hydrogens is 310 g/mol. The van der Waals surface area contributed by atoms with Crippen molar-refractivity contribution in [3.63, 3.8) is 0 Å². The second-order valence-electron chi connectivity index (χ2n) is 4.93. The molecule has 2 aromatic rings. The van der Waals surface area contributed by atoms with Crippen molar-refractivity contribution in [2.24, 2.45) is 0 Å². The molecule has 0 saturated carbocycles. The molecule has 6 nitrogen and oxygen atoms in total.